The molecule has 26 heavy (non-hydrogen) atoms. The van der Waals surface area contributed by atoms with Crippen molar-refractivity contribution in [3.05, 3.63) is 48.4 Å². The van der Waals surface area contributed by atoms with Crippen molar-refractivity contribution in [1.29, 1.82) is 0 Å². The van der Waals surface area contributed by atoms with Crippen LogP contribution in [0.1, 0.15) is 17.5 Å². The number of nitrogens with one attached hydrogen (secondary N) is 2. The molecule has 8 heteroatoms. The second-order valence-corrected chi connectivity index (χ2v) is 5.94. The number of hydrogen-bond donors (Lipinski definition) is 2. The highest BCUT2D eigenvalue weighted by Gasteiger charge is 2.20. The van der Waals surface area contributed by atoms with Crippen LogP contribution in [-0.2, 0) is 4.79 Å². The number of amides is 2. The maximum atomic E-state index is 12.2. The molecule has 1 saturated heterocycles. The molecule has 1 fully saturated rings. The Morgan fingerprint density at radius 1 is 1.35 bits per heavy atom. The number of carbonyl (C=O) groups excluding carboxylic acids is 2. The van der Waals surface area contributed by atoms with Gasteiger partial charge in [-0.15, -0.1) is 12.4 Å². The number of rotatable bonds is 5. The molecule has 7 nitrogen and oxygen atoms in total. The number of hydrogen-bond acceptors (Lipinski definition) is 5. The summed E-state index contributed by atoms with van der Waals surface area (Å²) in [5, 5.41) is 6.02. The van der Waals surface area contributed by atoms with Gasteiger partial charge in [0, 0.05) is 37.4 Å². The number of halogens is 1. The van der Waals surface area contributed by atoms with Crippen molar-refractivity contribution in [2.24, 2.45) is 0 Å². The fourth-order valence-corrected chi connectivity index (χ4v) is 2.66. The van der Waals surface area contributed by atoms with E-state index in [1.807, 2.05) is 6.92 Å². The highest BCUT2D eigenvalue weighted by atomic mass is 35.5. The molecule has 1 aliphatic heterocycles. The summed E-state index contributed by atoms with van der Waals surface area (Å²) in [5.41, 5.74) is 0.571. The van der Waals surface area contributed by atoms with E-state index in [1.54, 1.807) is 41.3 Å². The fourth-order valence-electron chi connectivity index (χ4n) is 2.66. The van der Waals surface area contributed by atoms with Crippen LogP contribution < -0.4 is 15.4 Å². The van der Waals surface area contributed by atoms with Crippen molar-refractivity contribution in [3.63, 3.8) is 0 Å². The molecule has 0 saturated carbocycles. The largest absolute Gasteiger partial charge is 0.484 e. The normalized spacial score (nSPS) is 16.5. The predicted octanol–water partition coefficient (Wildman–Crippen LogP) is 2.15. The van der Waals surface area contributed by atoms with Crippen LogP contribution in [0.2, 0.25) is 0 Å². The van der Waals surface area contributed by atoms with E-state index in [0.717, 1.165) is 6.54 Å². The number of nitrogens with zero attached hydrogens (tertiary/aromatic N) is 1. The molecule has 1 atom stereocenters. The first-order chi connectivity index (χ1) is 12.1. The van der Waals surface area contributed by atoms with E-state index < -0.39 is 0 Å². The molecule has 2 N–H and O–H groups in total. The molecule has 140 valence electrons. The van der Waals surface area contributed by atoms with Crippen LogP contribution in [-0.4, -0.2) is 49.0 Å². The molecule has 0 bridgehead atoms. The molecule has 0 aliphatic carbocycles. The van der Waals surface area contributed by atoms with Crippen molar-refractivity contribution in [2.75, 3.05) is 31.6 Å². The van der Waals surface area contributed by atoms with Crippen LogP contribution in [0.25, 0.3) is 0 Å². The molecule has 3 rings (SSSR count). The number of benzene rings is 1. The minimum atomic E-state index is -0.340. The number of anilines is 1. The van der Waals surface area contributed by atoms with E-state index in [0.29, 0.717) is 24.5 Å². The Morgan fingerprint density at radius 3 is 2.92 bits per heavy atom. The summed E-state index contributed by atoms with van der Waals surface area (Å²) in [5.74, 6) is 0.370. The van der Waals surface area contributed by atoms with Crippen LogP contribution in [0.4, 0.5) is 5.69 Å². The highest BCUT2D eigenvalue weighted by molar-refractivity contribution is 6.02. The van der Waals surface area contributed by atoms with Gasteiger partial charge in [-0.05, 0) is 31.2 Å². The van der Waals surface area contributed by atoms with E-state index in [9.17, 15) is 9.59 Å². The minimum Gasteiger partial charge on any atom is -0.484 e. The first-order valence-electron chi connectivity index (χ1n) is 8.21. The topological polar surface area (TPSA) is 83.8 Å². The molecule has 1 aliphatic rings. The Morgan fingerprint density at radius 2 is 2.19 bits per heavy atom. The smallest absolute Gasteiger partial charge is 0.291 e. The van der Waals surface area contributed by atoms with Gasteiger partial charge in [-0.3, -0.25) is 9.59 Å². The first-order valence-corrected chi connectivity index (χ1v) is 8.21. The van der Waals surface area contributed by atoms with Gasteiger partial charge < -0.3 is 24.7 Å². The molecule has 2 aromatic rings. The van der Waals surface area contributed by atoms with Crippen molar-refractivity contribution in [2.45, 2.75) is 13.0 Å². The average Bonchev–Trinajstić information content (AvgIpc) is 3.15. The second-order valence-electron chi connectivity index (χ2n) is 5.94. The van der Waals surface area contributed by atoms with Gasteiger partial charge in [0.25, 0.3) is 11.8 Å². The van der Waals surface area contributed by atoms with E-state index in [2.05, 4.69) is 10.6 Å². The zero-order valence-electron chi connectivity index (χ0n) is 14.4. The standard InChI is InChI=1S/C18H21N3O4.ClH/c1-13-11-21(8-7-19-13)17(22)12-25-15-5-2-4-14(10-15)20-18(23)16-6-3-9-24-16;/h2-6,9-10,13,19H,7-8,11-12H2,1H3,(H,20,23);1H. The van der Waals surface area contributed by atoms with Gasteiger partial charge in [0.15, 0.2) is 12.4 Å². The zero-order valence-corrected chi connectivity index (χ0v) is 15.3. The van der Waals surface area contributed by atoms with Gasteiger partial charge in [0.1, 0.15) is 5.75 Å². The zero-order chi connectivity index (χ0) is 17.6. The van der Waals surface area contributed by atoms with Crippen molar-refractivity contribution in [3.8, 4) is 5.75 Å². The van der Waals surface area contributed by atoms with Gasteiger partial charge in [-0.1, -0.05) is 6.07 Å². The molecule has 0 spiro atoms. The third-order valence-electron chi connectivity index (χ3n) is 3.92. The average molecular weight is 380 g/mol. The Balaban J connectivity index is 0.00000243. The van der Waals surface area contributed by atoms with E-state index in [-0.39, 0.29) is 42.6 Å². The molecule has 0 radical (unpaired) electrons. The summed E-state index contributed by atoms with van der Waals surface area (Å²) < 4.78 is 10.6. The molecule has 2 heterocycles. The summed E-state index contributed by atoms with van der Waals surface area (Å²) in [4.78, 5) is 26.0. The number of carbonyl (C=O) groups is 2. The van der Waals surface area contributed by atoms with Crippen LogP contribution in [0.3, 0.4) is 0 Å². The van der Waals surface area contributed by atoms with Gasteiger partial charge >= 0.3 is 0 Å². The Hall–Kier alpha value is -2.51. The van der Waals surface area contributed by atoms with E-state index in [1.165, 1.54) is 6.26 Å². The molecule has 1 aromatic heterocycles. The van der Waals surface area contributed by atoms with Crippen LogP contribution in [0.5, 0.6) is 5.75 Å². The fraction of sp³-hybridized carbons (Fsp3) is 0.333. The Bertz CT molecular complexity index is 736. The predicted molar refractivity (Wildman–Crippen MR) is 99.9 cm³/mol. The van der Waals surface area contributed by atoms with Gasteiger partial charge in [0.2, 0.25) is 0 Å². The number of ether oxygens (including phenoxy) is 1. The first kappa shape index (κ1) is 19.8. The third kappa shape index (κ3) is 5.24. The number of furan rings is 1. The van der Waals surface area contributed by atoms with Crippen LogP contribution in [0, 0.1) is 0 Å². The van der Waals surface area contributed by atoms with E-state index in [4.69, 9.17) is 9.15 Å². The summed E-state index contributed by atoms with van der Waals surface area (Å²) >= 11 is 0. The Kier molecular flexibility index (Phi) is 7.06. The monoisotopic (exact) mass is 379 g/mol. The lowest BCUT2D eigenvalue weighted by Gasteiger charge is -2.31. The summed E-state index contributed by atoms with van der Waals surface area (Å²) in [7, 11) is 0. The van der Waals surface area contributed by atoms with Crippen molar-refractivity contribution < 1.29 is 18.7 Å². The summed E-state index contributed by atoms with van der Waals surface area (Å²) in [6, 6.07) is 10.4. The minimum absolute atomic E-state index is 0. The summed E-state index contributed by atoms with van der Waals surface area (Å²) in [6.45, 7) is 4.18. The van der Waals surface area contributed by atoms with Gasteiger partial charge in [-0.25, -0.2) is 0 Å². The molecule has 2 amide bonds. The number of piperazine rings is 1. The Labute approximate surface area is 158 Å². The lowest BCUT2D eigenvalue weighted by Crippen LogP contribution is -2.52. The lowest BCUT2D eigenvalue weighted by molar-refractivity contribution is -0.134. The van der Waals surface area contributed by atoms with Crippen molar-refractivity contribution >= 4 is 29.9 Å². The molecule has 1 unspecified atom stereocenters. The van der Waals surface area contributed by atoms with Gasteiger partial charge in [-0.2, -0.15) is 0 Å². The molecular formula is C18H22ClN3O4. The van der Waals surface area contributed by atoms with E-state index >= 15 is 0 Å². The second kappa shape index (κ2) is 9.26. The SMILES string of the molecule is CC1CN(C(=O)COc2cccc(NC(=O)c3ccco3)c2)CCN1.Cl. The maximum Gasteiger partial charge on any atom is 0.291 e. The summed E-state index contributed by atoms with van der Waals surface area (Å²) in [6.07, 6.45) is 1.44. The quantitative estimate of drug-likeness (QED) is 0.831. The molecule has 1 aromatic carbocycles. The van der Waals surface area contributed by atoms with Crippen LogP contribution in [0.15, 0.2) is 47.1 Å². The maximum absolute atomic E-state index is 12.2. The molecular weight excluding hydrogens is 358 g/mol. The van der Waals surface area contributed by atoms with Gasteiger partial charge in [0.05, 0.1) is 6.26 Å². The third-order valence-corrected chi connectivity index (χ3v) is 3.92. The van der Waals surface area contributed by atoms with Crippen LogP contribution >= 0.6 is 12.4 Å². The van der Waals surface area contributed by atoms with Crippen molar-refractivity contribution in [1.82, 2.24) is 10.2 Å². The highest BCUT2D eigenvalue weighted by Crippen LogP contribution is 2.18. The lowest BCUT2D eigenvalue weighted by atomic mass is 10.2.